The summed E-state index contributed by atoms with van der Waals surface area (Å²) in [7, 11) is 0. The fraction of sp³-hybridized carbons (Fsp3) is 0.500. The summed E-state index contributed by atoms with van der Waals surface area (Å²) < 4.78 is 0. The Morgan fingerprint density at radius 2 is 2.33 bits per heavy atom. The quantitative estimate of drug-likeness (QED) is 0.430. The van der Waals surface area contributed by atoms with E-state index in [9.17, 15) is 4.79 Å². The molecular formula is C6H7ClOS. The van der Waals surface area contributed by atoms with Crippen LogP contribution < -0.4 is 0 Å². The number of thioether (sulfide) groups is 1. The second-order valence-corrected chi connectivity index (χ2v) is 2.69. The Labute approximate surface area is 64.2 Å². The second kappa shape index (κ2) is 6.00. The second-order valence-electron chi connectivity index (χ2n) is 1.27. The van der Waals surface area contributed by atoms with Crippen molar-refractivity contribution >= 4 is 28.5 Å². The Morgan fingerprint density at radius 3 is 2.78 bits per heavy atom. The first-order valence-corrected chi connectivity index (χ1v) is 3.94. The number of hydrogen-bond donors (Lipinski definition) is 0. The SMILES string of the molecule is CC(=O)SCC#CCCl. The van der Waals surface area contributed by atoms with Gasteiger partial charge in [-0.05, 0) is 0 Å². The highest BCUT2D eigenvalue weighted by Gasteiger charge is 1.87. The van der Waals surface area contributed by atoms with Crippen molar-refractivity contribution in [2.24, 2.45) is 0 Å². The lowest BCUT2D eigenvalue weighted by atomic mass is 10.7. The van der Waals surface area contributed by atoms with Crippen molar-refractivity contribution in [1.29, 1.82) is 0 Å². The molecule has 0 fully saturated rings. The van der Waals surface area contributed by atoms with Crippen LogP contribution in [0.25, 0.3) is 0 Å². The maximum Gasteiger partial charge on any atom is 0.186 e. The van der Waals surface area contributed by atoms with Crippen molar-refractivity contribution in [2.45, 2.75) is 6.92 Å². The molecule has 0 aliphatic rings. The Balaban J connectivity index is 3.19. The first-order chi connectivity index (χ1) is 4.27. The molecule has 0 aliphatic heterocycles. The molecule has 0 amide bonds. The zero-order valence-corrected chi connectivity index (χ0v) is 6.68. The first kappa shape index (κ1) is 8.87. The fourth-order valence-electron chi connectivity index (χ4n) is 0.236. The van der Waals surface area contributed by atoms with E-state index in [4.69, 9.17) is 11.6 Å². The average Bonchev–Trinajstić information content (AvgIpc) is 1.80. The maximum absolute atomic E-state index is 10.3. The summed E-state index contributed by atoms with van der Waals surface area (Å²) in [5.74, 6) is 6.28. The predicted molar refractivity (Wildman–Crippen MR) is 41.6 cm³/mol. The smallest absolute Gasteiger partial charge is 0.186 e. The highest BCUT2D eigenvalue weighted by Crippen LogP contribution is 1.97. The van der Waals surface area contributed by atoms with Gasteiger partial charge in [-0.25, -0.2) is 0 Å². The normalized spacial score (nSPS) is 7.78. The summed E-state index contributed by atoms with van der Waals surface area (Å²) >= 11 is 6.45. The summed E-state index contributed by atoms with van der Waals surface area (Å²) in [6, 6.07) is 0. The van der Waals surface area contributed by atoms with Crippen molar-refractivity contribution in [3.8, 4) is 11.8 Å². The van der Waals surface area contributed by atoms with Crippen LogP contribution in [0.1, 0.15) is 6.92 Å². The van der Waals surface area contributed by atoms with Crippen molar-refractivity contribution in [1.82, 2.24) is 0 Å². The molecule has 9 heavy (non-hydrogen) atoms. The van der Waals surface area contributed by atoms with Crippen molar-refractivity contribution in [3.63, 3.8) is 0 Å². The Kier molecular flexibility index (Phi) is 5.91. The molecule has 0 aromatic heterocycles. The molecule has 50 valence electrons. The third-order valence-electron chi connectivity index (χ3n) is 0.539. The van der Waals surface area contributed by atoms with Crippen LogP contribution in [0.2, 0.25) is 0 Å². The van der Waals surface area contributed by atoms with Gasteiger partial charge in [0.1, 0.15) is 0 Å². The highest BCUT2D eigenvalue weighted by molar-refractivity contribution is 8.13. The van der Waals surface area contributed by atoms with Gasteiger partial charge in [-0.15, -0.1) is 11.6 Å². The molecule has 1 nitrogen and oxygen atoms in total. The molecule has 0 aliphatic carbocycles. The highest BCUT2D eigenvalue weighted by atomic mass is 35.5. The topological polar surface area (TPSA) is 17.1 Å². The monoisotopic (exact) mass is 162 g/mol. The third-order valence-corrected chi connectivity index (χ3v) is 1.37. The number of carbonyl (C=O) groups is 1. The van der Waals surface area contributed by atoms with Crippen LogP contribution >= 0.6 is 23.4 Å². The van der Waals surface area contributed by atoms with Crippen LogP contribution in [-0.2, 0) is 4.79 Å². The van der Waals surface area contributed by atoms with E-state index in [0.29, 0.717) is 11.6 Å². The van der Waals surface area contributed by atoms with Crippen molar-refractivity contribution < 1.29 is 4.79 Å². The lowest BCUT2D eigenvalue weighted by molar-refractivity contribution is -0.109. The minimum Gasteiger partial charge on any atom is -0.288 e. The molecule has 0 rings (SSSR count). The standard InChI is InChI=1S/C6H7ClOS/c1-6(8)9-5-3-2-4-7/h4-5H2,1H3. The van der Waals surface area contributed by atoms with E-state index in [2.05, 4.69) is 11.8 Å². The van der Waals surface area contributed by atoms with Crippen LogP contribution in [0, 0.1) is 11.8 Å². The Bertz CT molecular complexity index is 145. The number of hydrogen-bond acceptors (Lipinski definition) is 2. The molecule has 0 N–H and O–H groups in total. The van der Waals surface area contributed by atoms with E-state index >= 15 is 0 Å². The average molecular weight is 163 g/mol. The van der Waals surface area contributed by atoms with Crippen LogP contribution in [0.15, 0.2) is 0 Å². The minimum absolute atomic E-state index is 0.0962. The zero-order chi connectivity index (χ0) is 7.11. The van der Waals surface area contributed by atoms with Gasteiger partial charge in [0.25, 0.3) is 0 Å². The third kappa shape index (κ3) is 7.87. The van der Waals surface area contributed by atoms with Gasteiger partial charge in [-0.1, -0.05) is 23.6 Å². The number of carbonyl (C=O) groups excluding carboxylic acids is 1. The van der Waals surface area contributed by atoms with Gasteiger partial charge in [-0.3, -0.25) is 4.79 Å². The lowest BCUT2D eigenvalue weighted by Gasteiger charge is -1.82. The molecular weight excluding hydrogens is 156 g/mol. The van der Waals surface area contributed by atoms with E-state index in [1.165, 1.54) is 18.7 Å². The fourth-order valence-corrected chi connectivity index (χ4v) is 0.708. The lowest BCUT2D eigenvalue weighted by Crippen LogP contribution is -1.81. The van der Waals surface area contributed by atoms with Gasteiger partial charge in [0, 0.05) is 6.92 Å². The molecule has 3 heteroatoms. The number of alkyl halides is 1. The van der Waals surface area contributed by atoms with Gasteiger partial charge in [0.2, 0.25) is 0 Å². The molecule has 0 unspecified atom stereocenters. The first-order valence-electron chi connectivity index (χ1n) is 2.42. The summed E-state index contributed by atoms with van der Waals surface area (Å²) in [6.07, 6.45) is 0. The number of halogens is 1. The van der Waals surface area contributed by atoms with Crippen LogP contribution in [0.5, 0.6) is 0 Å². The van der Waals surface area contributed by atoms with Crippen LogP contribution in [0.3, 0.4) is 0 Å². The molecule has 0 aromatic carbocycles. The minimum atomic E-state index is 0.0962. The van der Waals surface area contributed by atoms with Crippen LogP contribution in [-0.4, -0.2) is 16.7 Å². The van der Waals surface area contributed by atoms with Gasteiger partial charge >= 0.3 is 0 Å². The molecule has 0 bridgehead atoms. The van der Waals surface area contributed by atoms with Gasteiger partial charge in [-0.2, -0.15) is 0 Å². The largest absolute Gasteiger partial charge is 0.288 e. The Morgan fingerprint density at radius 1 is 1.67 bits per heavy atom. The molecule has 0 saturated carbocycles. The Hall–Kier alpha value is -0.130. The van der Waals surface area contributed by atoms with Crippen LogP contribution in [0.4, 0.5) is 0 Å². The van der Waals surface area contributed by atoms with E-state index in [1.807, 2.05) is 0 Å². The van der Waals surface area contributed by atoms with E-state index in [-0.39, 0.29) is 5.12 Å². The number of rotatable bonds is 1. The predicted octanol–water partition coefficient (Wildman–Crippen LogP) is 1.51. The van der Waals surface area contributed by atoms with E-state index in [0.717, 1.165) is 0 Å². The molecule has 0 aromatic rings. The molecule has 0 atom stereocenters. The van der Waals surface area contributed by atoms with Gasteiger partial charge < -0.3 is 0 Å². The van der Waals surface area contributed by atoms with Gasteiger partial charge in [0.05, 0.1) is 11.6 Å². The molecule has 0 radical (unpaired) electrons. The van der Waals surface area contributed by atoms with Gasteiger partial charge in [0.15, 0.2) is 5.12 Å². The molecule has 0 heterocycles. The molecule has 0 saturated heterocycles. The maximum atomic E-state index is 10.3. The van der Waals surface area contributed by atoms with E-state index in [1.54, 1.807) is 0 Å². The molecule has 0 spiro atoms. The van der Waals surface area contributed by atoms with E-state index < -0.39 is 0 Å². The van der Waals surface area contributed by atoms with Crippen molar-refractivity contribution in [2.75, 3.05) is 11.6 Å². The zero-order valence-electron chi connectivity index (χ0n) is 5.11. The summed E-state index contributed by atoms with van der Waals surface area (Å²) in [5, 5.41) is 0.0962. The summed E-state index contributed by atoms with van der Waals surface area (Å²) in [4.78, 5) is 10.3. The summed E-state index contributed by atoms with van der Waals surface area (Å²) in [6.45, 7) is 1.52. The van der Waals surface area contributed by atoms with Crippen molar-refractivity contribution in [3.05, 3.63) is 0 Å². The summed E-state index contributed by atoms with van der Waals surface area (Å²) in [5.41, 5.74) is 0.